The number of nitrogens with zero attached hydrogens (tertiary/aromatic N) is 3. The van der Waals surface area contributed by atoms with Gasteiger partial charge in [-0.05, 0) is 22.0 Å². The predicted molar refractivity (Wildman–Crippen MR) is 46.6 cm³/mol. The molecule has 0 aliphatic heterocycles. The standard InChI is InChI=1S/C3H3IN3O2P/c4-10-6-2-3(1-5-6)7(8)9/h1-2,10H. The minimum absolute atomic E-state index is 0.0455. The van der Waals surface area contributed by atoms with E-state index in [1.54, 1.807) is 0 Å². The Bertz CT molecular complexity index is 250. The molecular weight excluding hydrogens is 268 g/mol. The summed E-state index contributed by atoms with van der Waals surface area (Å²) in [7, 11) is 0. The summed E-state index contributed by atoms with van der Waals surface area (Å²) in [4.78, 5) is 9.62. The van der Waals surface area contributed by atoms with Crippen LogP contribution in [0.4, 0.5) is 5.69 Å². The molecule has 0 bridgehead atoms. The molecule has 10 heavy (non-hydrogen) atoms. The minimum Gasteiger partial charge on any atom is -0.258 e. The van der Waals surface area contributed by atoms with Crippen molar-refractivity contribution in [1.29, 1.82) is 0 Å². The average molecular weight is 271 g/mol. The number of hydrogen-bond donors (Lipinski definition) is 0. The second-order valence-corrected chi connectivity index (χ2v) is 3.56. The Kier molecular flexibility index (Phi) is 2.56. The van der Waals surface area contributed by atoms with Crippen molar-refractivity contribution in [3.05, 3.63) is 22.5 Å². The van der Waals surface area contributed by atoms with Crippen molar-refractivity contribution in [3.8, 4) is 0 Å². The molecule has 1 aromatic heterocycles. The maximum Gasteiger partial charge on any atom is 0.307 e. The Morgan fingerprint density at radius 1 is 1.90 bits per heavy atom. The van der Waals surface area contributed by atoms with E-state index in [9.17, 15) is 10.1 Å². The van der Waals surface area contributed by atoms with E-state index in [4.69, 9.17) is 0 Å². The molecule has 1 atom stereocenters. The maximum atomic E-state index is 10.1. The molecule has 0 fully saturated rings. The van der Waals surface area contributed by atoms with E-state index in [1.165, 1.54) is 16.8 Å². The highest BCUT2D eigenvalue weighted by molar-refractivity contribution is 14.2. The molecule has 0 N–H and O–H groups in total. The number of hydrogen-bond acceptors (Lipinski definition) is 3. The van der Waals surface area contributed by atoms with E-state index in [0.717, 1.165) is 0 Å². The van der Waals surface area contributed by atoms with Crippen molar-refractivity contribution >= 4 is 34.1 Å². The quantitative estimate of drug-likeness (QED) is 0.355. The third-order valence-electron chi connectivity index (χ3n) is 0.866. The van der Waals surface area contributed by atoms with E-state index in [1.807, 2.05) is 0 Å². The third-order valence-corrected chi connectivity index (χ3v) is 2.77. The molecule has 0 saturated carbocycles. The summed E-state index contributed by atoms with van der Waals surface area (Å²) < 4.78 is 1.53. The van der Waals surface area contributed by atoms with E-state index in [0.29, 0.717) is 6.37 Å². The molecule has 1 aromatic rings. The molecule has 7 heteroatoms. The van der Waals surface area contributed by atoms with Gasteiger partial charge in [-0.15, -0.1) is 0 Å². The first kappa shape index (κ1) is 7.87. The highest BCUT2D eigenvalue weighted by Crippen LogP contribution is 2.24. The molecule has 0 amide bonds. The fraction of sp³-hybridized carbons (Fsp3) is 0. The number of nitro groups is 1. The van der Waals surface area contributed by atoms with Crippen molar-refractivity contribution in [2.75, 3.05) is 0 Å². The van der Waals surface area contributed by atoms with Gasteiger partial charge < -0.3 is 0 Å². The number of halogens is 1. The summed E-state index contributed by atoms with van der Waals surface area (Å²) in [6, 6.07) is 0. The van der Waals surface area contributed by atoms with Gasteiger partial charge >= 0.3 is 5.69 Å². The first-order valence-corrected chi connectivity index (χ1v) is 6.36. The van der Waals surface area contributed by atoms with Gasteiger partial charge in [0.2, 0.25) is 0 Å². The van der Waals surface area contributed by atoms with Gasteiger partial charge in [-0.2, -0.15) is 5.10 Å². The zero-order valence-electron chi connectivity index (χ0n) is 4.69. The lowest BCUT2D eigenvalue weighted by atomic mass is 10.6. The molecule has 0 aliphatic rings. The molecule has 1 unspecified atom stereocenters. The fourth-order valence-electron chi connectivity index (χ4n) is 0.454. The Labute approximate surface area is 71.3 Å². The maximum absolute atomic E-state index is 10.1. The fourth-order valence-corrected chi connectivity index (χ4v) is 1.53. The molecule has 0 saturated heterocycles. The Balaban J connectivity index is 2.88. The van der Waals surface area contributed by atoms with Crippen LogP contribution in [0.25, 0.3) is 0 Å². The molecule has 0 radical (unpaired) electrons. The van der Waals surface area contributed by atoms with Crippen molar-refractivity contribution in [2.45, 2.75) is 0 Å². The summed E-state index contributed by atoms with van der Waals surface area (Å²) in [6.07, 6.45) is 3.06. The van der Waals surface area contributed by atoms with Crippen LogP contribution in [-0.4, -0.2) is 14.5 Å². The van der Waals surface area contributed by atoms with Gasteiger partial charge in [0.1, 0.15) is 12.4 Å². The lowest BCUT2D eigenvalue weighted by molar-refractivity contribution is -0.384. The normalized spacial score (nSPS) is 10.9. The molecule has 54 valence electrons. The predicted octanol–water partition coefficient (Wildman–Crippen LogP) is 1.58. The van der Waals surface area contributed by atoms with Crippen LogP contribution in [0.2, 0.25) is 0 Å². The summed E-state index contributed by atoms with van der Waals surface area (Å²) in [5, 5.41) is 13.8. The largest absolute Gasteiger partial charge is 0.307 e. The molecule has 0 spiro atoms. The van der Waals surface area contributed by atoms with Crippen molar-refractivity contribution < 1.29 is 4.92 Å². The first-order valence-electron chi connectivity index (χ1n) is 2.30. The SMILES string of the molecule is O=[N+]([O-])c1cnn(PI)c1. The van der Waals surface area contributed by atoms with Gasteiger partial charge in [-0.25, -0.2) is 4.45 Å². The zero-order chi connectivity index (χ0) is 7.56. The molecule has 0 aliphatic carbocycles. The van der Waals surface area contributed by atoms with Crippen LogP contribution >= 0.6 is 28.4 Å². The van der Waals surface area contributed by atoms with Crippen LogP contribution in [0.1, 0.15) is 0 Å². The lowest BCUT2D eigenvalue weighted by Gasteiger charge is -1.85. The van der Waals surface area contributed by atoms with Gasteiger partial charge in [-0.3, -0.25) is 10.1 Å². The first-order chi connectivity index (χ1) is 4.74. The second-order valence-electron chi connectivity index (χ2n) is 1.48. The van der Waals surface area contributed by atoms with Gasteiger partial charge in [0.05, 0.1) is 11.3 Å². The Morgan fingerprint density at radius 2 is 2.60 bits per heavy atom. The Hall–Kier alpha value is -0.230. The second kappa shape index (κ2) is 3.25. The molecule has 1 rings (SSSR count). The third kappa shape index (κ3) is 1.63. The molecule has 0 aromatic carbocycles. The highest BCUT2D eigenvalue weighted by atomic mass is 127. The molecular formula is C3H3IN3O2P. The van der Waals surface area contributed by atoms with Crippen LogP contribution in [0.3, 0.4) is 0 Å². The van der Waals surface area contributed by atoms with E-state index >= 15 is 0 Å². The van der Waals surface area contributed by atoms with Crippen LogP contribution in [-0.2, 0) is 0 Å². The monoisotopic (exact) mass is 271 g/mol. The highest BCUT2D eigenvalue weighted by Gasteiger charge is 2.06. The summed E-state index contributed by atoms with van der Waals surface area (Å²) in [6.45, 7) is 0. The summed E-state index contributed by atoms with van der Waals surface area (Å²) >= 11 is 2.10. The van der Waals surface area contributed by atoms with Gasteiger partial charge in [0.25, 0.3) is 0 Å². The van der Waals surface area contributed by atoms with Crippen LogP contribution in [0.15, 0.2) is 12.4 Å². The van der Waals surface area contributed by atoms with E-state index in [2.05, 4.69) is 27.1 Å². The van der Waals surface area contributed by atoms with Gasteiger partial charge in [0.15, 0.2) is 0 Å². The van der Waals surface area contributed by atoms with Crippen molar-refractivity contribution in [2.24, 2.45) is 0 Å². The van der Waals surface area contributed by atoms with Crippen molar-refractivity contribution in [3.63, 3.8) is 0 Å². The zero-order valence-corrected chi connectivity index (χ0v) is 7.85. The van der Waals surface area contributed by atoms with Crippen molar-refractivity contribution in [1.82, 2.24) is 9.55 Å². The average Bonchev–Trinajstić information content (AvgIpc) is 2.34. The number of rotatable bonds is 2. The van der Waals surface area contributed by atoms with Gasteiger partial charge in [0, 0.05) is 0 Å². The van der Waals surface area contributed by atoms with Crippen LogP contribution < -0.4 is 0 Å². The van der Waals surface area contributed by atoms with Crippen LogP contribution in [0.5, 0.6) is 0 Å². The summed E-state index contributed by atoms with van der Waals surface area (Å²) in [5.74, 6) is 0. The topological polar surface area (TPSA) is 61.0 Å². The van der Waals surface area contributed by atoms with E-state index < -0.39 is 4.92 Å². The van der Waals surface area contributed by atoms with Crippen LogP contribution in [0, 0.1) is 10.1 Å². The smallest absolute Gasteiger partial charge is 0.258 e. The Morgan fingerprint density at radius 3 is 2.90 bits per heavy atom. The molecule has 5 nitrogen and oxygen atoms in total. The molecule has 1 heterocycles. The number of aromatic nitrogens is 2. The summed E-state index contributed by atoms with van der Waals surface area (Å²) in [5.41, 5.74) is 0.0455. The lowest BCUT2D eigenvalue weighted by Crippen LogP contribution is -1.83. The van der Waals surface area contributed by atoms with Gasteiger partial charge in [-0.1, -0.05) is 0 Å². The van der Waals surface area contributed by atoms with E-state index in [-0.39, 0.29) is 5.69 Å². The minimum atomic E-state index is -0.458.